The number of aromatic amines is 1. The van der Waals surface area contributed by atoms with E-state index in [9.17, 15) is 22.8 Å². The van der Waals surface area contributed by atoms with Gasteiger partial charge in [-0.1, -0.05) is 24.3 Å². The number of hydrogen-bond donors (Lipinski definition) is 2. The van der Waals surface area contributed by atoms with Crippen molar-refractivity contribution in [3.8, 4) is 11.4 Å². The molecule has 0 unspecified atom stereocenters. The first-order chi connectivity index (χ1) is 26.4. The van der Waals surface area contributed by atoms with E-state index in [0.29, 0.717) is 98.8 Å². The molecule has 0 aliphatic carbocycles. The number of nitrogens with zero attached hydrogens (tertiary/aromatic N) is 7. The van der Waals surface area contributed by atoms with Crippen LogP contribution in [0.4, 0.5) is 29.2 Å². The molecule has 0 radical (unpaired) electrons. The number of morpholine rings is 1. The third-order valence-electron chi connectivity index (χ3n) is 10.1. The van der Waals surface area contributed by atoms with Crippen LogP contribution in [0.5, 0.6) is 0 Å². The monoisotopic (exact) mass is 773 g/mol. The van der Waals surface area contributed by atoms with E-state index in [1.165, 1.54) is 17.4 Å². The van der Waals surface area contributed by atoms with Crippen molar-refractivity contribution in [3.63, 3.8) is 0 Å². The quantitative estimate of drug-likeness (QED) is 0.202. The number of thiophene rings is 1. The minimum absolute atomic E-state index is 0.0324. The highest BCUT2D eigenvalue weighted by Gasteiger charge is 2.36. The molecule has 2 fully saturated rings. The maximum absolute atomic E-state index is 15.1. The van der Waals surface area contributed by atoms with E-state index in [-0.39, 0.29) is 28.3 Å². The Labute approximate surface area is 315 Å². The Kier molecular flexibility index (Phi) is 9.69. The van der Waals surface area contributed by atoms with Gasteiger partial charge in [0.25, 0.3) is 11.5 Å². The number of aromatic nitrogens is 5. The van der Waals surface area contributed by atoms with Crippen molar-refractivity contribution in [2.75, 3.05) is 63.1 Å². The number of hydrogen-bond acceptors (Lipinski definition) is 11. The summed E-state index contributed by atoms with van der Waals surface area (Å²) in [4.78, 5) is 46.0. The van der Waals surface area contributed by atoms with Gasteiger partial charge in [0.2, 0.25) is 0 Å². The molecular weight excluding hydrogens is 739 g/mol. The van der Waals surface area contributed by atoms with Crippen LogP contribution in [-0.2, 0) is 23.9 Å². The first-order valence-corrected chi connectivity index (χ1v) is 18.5. The Balaban J connectivity index is 1.02. The number of fused-ring (bicyclic) bond motifs is 2. The van der Waals surface area contributed by atoms with Crippen molar-refractivity contribution in [1.82, 2.24) is 34.9 Å². The summed E-state index contributed by atoms with van der Waals surface area (Å²) in [7, 11) is 0. The van der Waals surface area contributed by atoms with Crippen LogP contribution in [0.25, 0.3) is 32.4 Å². The molecule has 2 saturated heterocycles. The predicted octanol–water partition coefficient (Wildman–Crippen LogP) is 5.42. The highest BCUT2D eigenvalue weighted by Crippen LogP contribution is 2.41. The van der Waals surface area contributed by atoms with Crippen molar-refractivity contribution in [3.05, 3.63) is 104 Å². The number of carbonyl (C=O) groups excluding carboxylic acids is 1. The molecule has 2 aliphatic heterocycles. The number of ether oxygens (including phenoxy) is 1. The topological polar surface area (TPSA) is 146 Å². The van der Waals surface area contributed by atoms with Gasteiger partial charge >= 0.3 is 6.18 Å². The number of aryl methyl sites for hydroxylation is 1. The molecule has 0 atom stereocenters. The number of halogens is 4. The smallest absolute Gasteiger partial charge is 0.384 e. The van der Waals surface area contributed by atoms with Gasteiger partial charge in [0.15, 0.2) is 11.6 Å². The zero-order valence-electron chi connectivity index (χ0n) is 29.6. The lowest BCUT2D eigenvalue weighted by atomic mass is 10.0. The number of nitrogens with one attached hydrogen (secondary N) is 1. The van der Waals surface area contributed by atoms with Gasteiger partial charge in [-0.05, 0) is 42.3 Å². The average Bonchev–Trinajstić information content (AvgIpc) is 3.50. The molecule has 6 heterocycles. The fraction of sp³-hybridized carbons (Fsp3) is 0.316. The summed E-state index contributed by atoms with van der Waals surface area (Å²) in [6.45, 7) is 6.15. The maximum atomic E-state index is 15.1. The fourth-order valence-electron chi connectivity index (χ4n) is 7.09. The zero-order chi connectivity index (χ0) is 38.4. The molecule has 12 nitrogen and oxygen atoms in total. The maximum Gasteiger partial charge on any atom is 0.417 e. The third kappa shape index (κ3) is 7.22. The number of nitrogens with two attached hydrogens (primary N) is 1. The number of amides is 1. The van der Waals surface area contributed by atoms with Crippen molar-refractivity contribution in [2.45, 2.75) is 26.1 Å². The van der Waals surface area contributed by atoms with Crippen LogP contribution in [0.2, 0.25) is 0 Å². The van der Waals surface area contributed by atoms with Gasteiger partial charge in [-0.25, -0.2) is 24.4 Å². The van der Waals surface area contributed by atoms with Crippen molar-refractivity contribution in [1.29, 1.82) is 0 Å². The van der Waals surface area contributed by atoms with Crippen LogP contribution < -0.4 is 16.2 Å². The second-order valence-corrected chi connectivity index (χ2v) is 14.7. The van der Waals surface area contributed by atoms with Crippen LogP contribution in [0.1, 0.15) is 37.6 Å². The van der Waals surface area contributed by atoms with E-state index >= 15 is 4.39 Å². The summed E-state index contributed by atoms with van der Waals surface area (Å²) in [5.74, 6) is -0.839. The number of carbonyl (C=O) groups is 1. The van der Waals surface area contributed by atoms with E-state index in [0.717, 1.165) is 27.4 Å². The fourth-order valence-corrected chi connectivity index (χ4v) is 8.40. The SMILES string of the molecule is Cc1c(CN2CCN(C(=O)c3cc(Cc4n[nH]c(=O)c5ccccc45)ccc3F)CC2)sc2c(N3CCOCC3)nc(-c3cnc(N)cc3C(F)(F)F)nc12. The van der Waals surface area contributed by atoms with Crippen LogP contribution in [0, 0.1) is 12.7 Å². The zero-order valence-corrected chi connectivity index (χ0v) is 30.4. The first-order valence-electron chi connectivity index (χ1n) is 17.7. The standard InChI is InChI=1S/C38H35F4N9O3S/c1-21-30(55-33-32(21)45-34(46-35(33)50-12-14-54-15-13-50)26-19-44-31(43)18-27(26)38(40,41)42)20-49-8-10-51(11-9-49)37(53)25-16-22(6-7-28(25)39)17-29-23-4-2-3-5-24(23)36(52)48-47-29/h2-7,16,18-19H,8-15,17,20H2,1H3,(H2,43,44)(H,48,52). The molecule has 1 amide bonds. The van der Waals surface area contributed by atoms with Gasteiger partial charge in [-0.15, -0.1) is 11.3 Å². The second-order valence-electron chi connectivity index (χ2n) is 13.6. The summed E-state index contributed by atoms with van der Waals surface area (Å²) < 4.78 is 63.9. The minimum Gasteiger partial charge on any atom is -0.384 e. The van der Waals surface area contributed by atoms with E-state index in [2.05, 4.69) is 25.1 Å². The van der Waals surface area contributed by atoms with Crippen molar-refractivity contribution < 1.29 is 27.1 Å². The third-order valence-corrected chi connectivity index (χ3v) is 11.3. The molecule has 2 aromatic carbocycles. The van der Waals surface area contributed by atoms with Crippen LogP contribution in [0.15, 0.2) is 59.5 Å². The van der Waals surface area contributed by atoms with E-state index in [1.807, 2.05) is 24.0 Å². The number of benzene rings is 2. The highest BCUT2D eigenvalue weighted by atomic mass is 32.1. The molecule has 0 bridgehead atoms. The lowest BCUT2D eigenvalue weighted by Crippen LogP contribution is -2.48. The van der Waals surface area contributed by atoms with Gasteiger partial charge in [0.1, 0.15) is 11.6 Å². The number of alkyl halides is 3. The summed E-state index contributed by atoms with van der Waals surface area (Å²) in [5.41, 5.74) is 6.78. The van der Waals surface area contributed by atoms with Crippen molar-refractivity contribution in [2.24, 2.45) is 0 Å². The molecule has 0 saturated carbocycles. The molecule has 284 valence electrons. The van der Waals surface area contributed by atoms with Gasteiger partial charge < -0.3 is 20.3 Å². The number of H-pyrrole nitrogens is 1. The second kappa shape index (κ2) is 14.6. The Morgan fingerprint density at radius 1 is 1.00 bits per heavy atom. The van der Waals surface area contributed by atoms with E-state index < -0.39 is 23.5 Å². The molecule has 8 rings (SSSR count). The van der Waals surface area contributed by atoms with Gasteiger partial charge in [0, 0.05) is 74.3 Å². The average molecular weight is 774 g/mol. The Hall–Kier alpha value is -5.52. The number of rotatable bonds is 7. The van der Waals surface area contributed by atoms with Gasteiger partial charge in [-0.2, -0.15) is 18.3 Å². The Morgan fingerprint density at radius 2 is 1.75 bits per heavy atom. The number of nitrogen functional groups attached to an aromatic ring is 1. The van der Waals surface area contributed by atoms with Crippen LogP contribution >= 0.6 is 11.3 Å². The van der Waals surface area contributed by atoms with Crippen LogP contribution in [0.3, 0.4) is 0 Å². The lowest BCUT2D eigenvalue weighted by molar-refractivity contribution is -0.137. The van der Waals surface area contributed by atoms with Gasteiger partial charge in [-0.3, -0.25) is 14.5 Å². The van der Waals surface area contributed by atoms with E-state index in [4.69, 9.17) is 15.5 Å². The Bertz CT molecular complexity index is 2490. The largest absolute Gasteiger partial charge is 0.417 e. The summed E-state index contributed by atoms with van der Waals surface area (Å²) in [5, 5.41) is 7.92. The highest BCUT2D eigenvalue weighted by molar-refractivity contribution is 7.19. The molecule has 55 heavy (non-hydrogen) atoms. The molecule has 6 aromatic rings. The normalized spacial score (nSPS) is 15.7. The van der Waals surface area contributed by atoms with E-state index in [1.54, 1.807) is 29.2 Å². The first kappa shape index (κ1) is 36.5. The molecule has 3 N–H and O–H groups in total. The molecule has 2 aliphatic rings. The number of anilines is 2. The number of pyridine rings is 1. The molecule has 0 spiro atoms. The van der Waals surface area contributed by atoms with Crippen LogP contribution in [-0.4, -0.2) is 93.3 Å². The summed E-state index contributed by atoms with van der Waals surface area (Å²) in [6, 6.07) is 12.3. The van der Waals surface area contributed by atoms with Gasteiger partial charge in [0.05, 0.1) is 45.6 Å². The molecule has 4 aromatic heterocycles. The molecule has 17 heteroatoms. The summed E-state index contributed by atoms with van der Waals surface area (Å²) >= 11 is 1.50. The predicted molar refractivity (Wildman–Crippen MR) is 201 cm³/mol. The molecular formula is C38H35F4N9O3S. The van der Waals surface area contributed by atoms with Crippen molar-refractivity contribution >= 4 is 49.9 Å². The summed E-state index contributed by atoms with van der Waals surface area (Å²) in [6.07, 6.45) is -3.34. The number of piperazine rings is 1. The minimum atomic E-state index is -4.70. The Morgan fingerprint density at radius 3 is 2.49 bits per heavy atom. The lowest BCUT2D eigenvalue weighted by Gasteiger charge is -2.34.